The Morgan fingerprint density at radius 1 is 1.24 bits per heavy atom. The van der Waals surface area contributed by atoms with Gasteiger partial charge in [0.05, 0.1) is 30.5 Å². The average molecular weight is 422 g/mol. The Bertz CT molecular complexity index is 796. The van der Waals surface area contributed by atoms with E-state index in [1.165, 1.54) is 6.92 Å². The topological polar surface area (TPSA) is 80.2 Å². The minimum Gasteiger partial charge on any atom is -0.492 e. The van der Waals surface area contributed by atoms with Gasteiger partial charge in [0, 0.05) is 12.5 Å². The van der Waals surface area contributed by atoms with E-state index in [0.717, 1.165) is 49.8 Å². The van der Waals surface area contributed by atoms with Gasteiger partial charge in [-0.2, -0.15) is 0 Å². The molecule has 29 heavy (non-hydrogen) atoms. The highest BCUT2D eigenvalue weighted by molar-refractivity contribution is 6.33. The molecular weight excluding hydrogens is 394 g/mol. The third kappa shape index (κ3) is 5.21. The number of rotatable bonds is 10. The van der Waals surface area contributed by atoms with Crippen molar-refractivity contribution in [2.24, 2.45) is 4.99 Å². The molecule has 158 valence electrons. The fourth-order valence-electron chi connectivity index (χ4n) is 3.61. The molecule has 0 aliphatic carbocycles. The SMILES string of the molecule is CCC1C(=O)NC2=Nc3ccc(OCCCCCCCOC(C)=O)c(Cl)c3CN21. The number of carbonyl (C=O) groups is 2. The number of fused-ring (bicyclic) bond motifs is 2. The second-order valence-corrected chi connectivity index (χ2v) is 7.69. The standard InChI is InChI=1S/C21H28ClN3O4/c1-3-17-20(27)24-21-23-16-9-10-18(19(22)15(16)13-25(17)21)29-12-8-6-4-5-7-11-28-14(2)26/h9-10,17H,3-8,11-13H2,1-2H3,(H,23,24,27). The summed E-state index contributed by atoms with van der Waals surface area (Å²) in [5, 5.41) is 3.41. The van der Waals surface area contributed by atoms with E-state index in [2.05, 4.69) is 10.3 Å². The number of carbonyl (C=O) groups excluding carboxylic acids is 2. The molecule has 0 aromatic heterocycles. The van der Waals surface area contributed by atoms with Crippen LogP contribution in [-0.4, -0.2) is 42.0 Å². The van der Waals surface area contributed by atoms with Crippen molar-refractivity contribution in [3.63, 3.8) is 0 Å². The molecule has 0 radical (unpaired) electrons. The molecule has 0 saturated carbocycles. The molecule has 0 bridgehead atoms. The van der Waals surface area contributed by atoms with E-state index in [9.17, 15) is 9.59 Å². The highest BCUT2D eigenvalue weighted by atomic mass is 35.5. The van der Waals surface area contributed by atoms with E-state index in [1.54, 1.807) is 0 Å². The van der Waals surface area contributed by atoms with Crippen molar-refractivity contribution in [1.82, 2.24) is 10.2 Å². The molecule has 1 atom stereocenters. The number of hydrogen-bond donors (Lipinski definition) is 1. The summed E-state index contributed by atoms with van der Waals surface area (Å²) in [7, 11) is 0. The van der Waals surface area contributed by atoms with E-state index in [-0.39, 0.29) is 17.9 Å². The summed E-state index contributed by atoms with van der Waals surface area (Å²) in [6.07, 6.45) is 5.71. The van der Waals surface area contributed by atoms with Gasteiger partial charge in [0.15, 0.2) is 0 Å². The first-order valence-corrected chi connectivity index (χ1v) is 10.6. The molecule has 0 spiro atoms. The molecule has 1 N–H and O–H groups in total. The van der Waals surface area contributed by atoms with Crippen LogP contribution in [-0.2, 0) is 20.9 Å². The van der Waals surface area contributed by atoms with Gasteiger partial charge in [-0.1, -0.05) is 37.8 Å². The van der Waals surface area contributed by atoms with Gasteiger partial charge in [-0.15, -0.1) is 0 Å². The number of esters is 1. The summed E-state index contributed by atoms with van der Waals surface area (Å²) < 4.78 is 10.8. The summed E-state index contributed by atoms with van der Waals surface area (Å²) in [4.78, 5) is 29.3. The second-order valence-electron chi connectivity index (χ2n) is 7.31. The van der Waals surface area contributed by atoms with Gasteiger partial charge >= 0.3 is 5.97 Å². The van der Waals surface area contributed by atoms with E-state index >= 15 is 0 Å². The Hall–Kier alpha value is -2.28. The zero-order valence-electron chi connectivity index (χ0n) is 17.0. The lowest BCUT2D eigenvalue weighted by Gasteiger charge is -2.28. The number of nitrogens with zero attached hydrogens (tertiary/aromatic N) is 2. The largest absolute Gasteiger partial charge is 0.492 e. The zero-order chi connectivity index (χ0) is 20.8. The molecule has 2 heterocycles. The third-order valence-corrected chi connectivity index (χ3v) is 5.58. The van der Waals surface area contributed by atoms with Crippen LogP contribution in [0.15, 0.2) is 17.1 Å². The van der Waals surface area contributed by atoms with Crippen molar-refractivity contribution in [2.45, 2.75) is 65.0 Å². The highest BCUT2D eigenvalue weighted by Gasteiger charge is 2.38. The lowest BCUT2D eigenvalue weighted by molar-refractivity contribution is -0.141. The third-order valence-electron chi connectivity index (χ3n) is 5.16. The predicted octanol–water partition coefficient (Wildman–Crippen LogP) is 3.94. The maximum absolute atomic E-state index is 12.1. The van der Waals surface area contributed by atoms with Crippen LogP contribution in [0.5, 0.6) is 5.75 Å². The number of hydrogen-bond acceptors (Lipinski definition) is 6. The molecule has 1 saturated heterocycles. The molecule has 1 unspecified atom stereocenters. The summed E-state index contributed by atoms with van der Waals surface area (Å²) in [6.45, 7) is 5.05. The van der Waals surface area contributed by atoms with Gasteiger partial charge in [-0.05, 0) is 31.4 Å². The van der Waals surface area contributed by atoms with Crippen molar-refractivity contribution >= 4 is 35.1 Å². The molecule has 7 nitrogen and oxygen atoms in total. The number of amides is 1. The Balaban J connectivity index is 1.47. The van der Waals surface area contributed by atoms with Crippen LogP contribution >= 0.6 is 11.6 Å². The van der Waals surface area contributed by atoms with Crippen molar-refractivity contribution in [1.29, 1.82) is 0 Å². The summed E-state index contributed by atoms with van der Waals surface area (Å²) in [6, 6.07) is 3.53. The molecule has 2 aliphatic rings. The second kappa shape index (κ2) is 9.96. The van der Waals surface area contributed by atoms with Crippen LogP contribution in [0, 0.1) is 0 Å². The fourth-order valence-corrected chi connectivity index (χ4v) is 3.88. The minimum atomic E-state index is -0.222. The van der Waals surface area contributed by atoms with Crippen LogP contribution in [0.3, 0.4) is 0 Å². The maximum Gasteiger partial charge on any atom is 0.302 e. The van der Waals surface area contributed by atoms with Crippen LogP contribution in [0.2, 0.25) is 5.02 Å². The summed E-state index contributed by atoms with van der Waals surface area (Å²) in [5.41, 5.74) is 1.67. The molecule has 1 amide bonds. The van der Waals surface area contributed by atoms with E-state index < -0.39 is 0 Å². The number of halogens is 1. The molecule has 8 heteroatoms. The average Bonchev–Trinajstić information content (AvgIpc) is 3.00. The number of unbranched alkanes of at least 4 members (excludes halogenated alkanes) is 4. The quantitative estimate of drug-likeness (QED) is 0.457. The fraction of sp³-hybridized carbons (Fsp3) is 0.571. The Labute approximate surface area is 176 Å². The predicted molar refractivity (Wildman–Crippen MR) is 112 cm³/mol. The first kappa shape index (κ1) is 21.4. The number of aliphatic imine (C=N–C) groups is 1. The van der Waals surface area contributed by atoms with Gasteiger partial charge < -0.3 is 14.4 Å². The van der Waals surface area contributed by atoms with Crippen molar-refractivity contribution in [3.05, 3.63) is 22.7 Å². The van der Waals surface area contributed by atoms with Gasteiger partial charge in [-0.3, -0.25) is 14.9 Å². The lowest BCUT2D eigenvalue weighted by Crippen LogP contribution is -2.36. The number of benzene rings is 1. The number of nitrogens with one attached hydrogen (secondary N) is 1. The molecular formula is C21H28ClN3O4. The van der Waals surface area contributed by atoms with Crippen LogP contribution in [0.4, 0.5) is 5.69 Å². The Morgan fingerprint density at radius 2 is 1.97 bits per heavy atom. The monoisotopic (exact) mass is 421 g/mol. The smallest absolute Gasteiger partial charge is 0.302 e. The van der Waals surface area contributed by atoms with E-state index in [1.807, 2.05) is 24.0 Å². The first-order chi connectivity index (χ1) is 14.0. The number of guanidine groups is 1. The maximum atomic E-state index is 12.1. The lowest BCUT2D eigenvalue weighted by atomic mass is 10.1. The van der Waals surface area contributed by atoms with Crippen LogP contribution in [0.25, 0.3) is 0 Å². The van der Waals surface area contributed by atoms with E-state index in [4.69, 9.17) is 21.1 Å². The van der Waals surface area contributed by atoms with Crippen LogP contribution in [0.1, 0.15) is 57.9 Å². The van der Waals surface area contributed by atoms with Gasteiger partial charge in [-0.25, -0.2) is 4.99 Å². The number of ether oxygens (including phenoxy) is 2. The highest BCUT2D eigenvalue weighted by Crippen LogP contribution is 2.39. The molecule has 1 aromatic rings. The molecule has 3 rings (SSSR count). The van der Waals surface area contributed by atoms with Crippen molar-refractivity contribution in [2.75, 3.05) is 13.2 Å². The van der Waals surface area contributed by atoms with Gasteiger partial charge in [0.1, 0.15) is 11.8 Å². The molecule has 1 aromatic carbocycles. The normalized spacial score (nSPS) is 17.3. The summed E-state index contributed by atoms with van der Waals surface area (Å²) >= 11 is 6.60. The first-order valence-electron chi connectivity index (χ1n) is 10.2. The van der Waals surface area contributed by atoms with Gasteiger partial charge in [0.25, 0.3) is 0 Å². The van der Waals surface area contributed by atoms with E-state index in [0.29, 0.717) is 36.5 Å². The minimum absolute atomic E-state index is 0.0143. The van der Waals surface area contributed by atoms with Crippen molar-refractivity contribution < 1.29 is 19.1 Å². The van der Waals surface area contributed by atoms with Gasteiger partial charge in [0.2, 0.25) is 11.9 Å². The molecule has 1 fully saturated rings. The van der Waals surface area contributed by atoms with Crippen LogP contribution < -0.4 is 10.1 Å². The Kier molecular flexibility index (Phi) is 7.36. The molecule has 2 aliphatic heterocycles. The zero-order valence-corrected chi connectivity index (χ0v) is 17.8. The Morgan fingerprint density at radius 3 is 2.69 bits per heavy atom. The summed E-state index contributed by atoms with van der Waals surface area (Å²) in [5.74, 6) is 1.03. The van der Waals surface area contributed by atoms with Crippen molar-refractivity contribution in [3.8, 4) is 5.75 Å².